The molecule has 0 radical (unpaired) electrons. The summed E-state index contributed by atoms with van der Waals surface area (Å²) in [7, 11) is 0. The molecule has 5 heteroatoms. The van der Waals surface area contributed by atoms with Gasteiger partial charge in [-0.1, -0.05) is 37.3 Å². The Labute approximate surface area is 146 Å². The minimum Gasteiger partial charge on any atom is -0.253 e. The van der Waals surface area contributed by atoms with E-state index in [9.17, 15) is 0 Å². The molecule has 0 saturated heterocycles. The van der Waals surface area contributed by atoms with Gasteiger partial charge in [0.1, 0.15) is 11.4 Å². The summed E-state index contributed by atoms with van der Waals surface area (Å²) in [4.78, 5) is 13.7. The van der Waals surface area contributed by atoms with Gasteiger partial charge in [-0.25, -0.2) is 9.67 Å². The SMILES string of the molecule is CCC(C)n1nc(-c2cc3ccccc3cn2)nc1-c1ccccn1. The van der Waals surface area contributed by atoms with Crippen LogP contribution in [0.25, 0.3) is 33.8 Å². The molecule has 3 heterocycles. The normalized spacial score (nSPS) is 12.4. The van der Waals surface area contributed by atoms with E-state index in [1.807, 2.05) is 47.3 Å². The van der Waals surface area contributed by atoms with E-state index in [1.165, 1.54) is 0 Å². The molecule has 0 N–H and O–H groups in total. The molecule has 0 amide bonds. The highest BCUT2D eigenvalue weighted by molar-refractivity contribution is 5.84. The second-order valence-electron chi connectivity index (χ2n) is 6.09. The van der Waals surface area contributed by atoms with Crippen molar-refractivity contribution in [2.45, 2.75) is 26.3 Å². The molecule has 0 aliphatic rings. The van der Waals surface area contributed by atoms with E-state index in [2.05, 4.69) is 35.9 Å². The first kappa shape index (κ1) is 15.4. The summed E-state index contributed by atoms with van der Waals surface area (Å²) in [6, 6.07) is 16.3. The van der Waals surface area contributed by atoms with Gasteiger partial charge in [0.25, 0.3) is 0 Å². The van der Waals surface area contributed by atoms with Crippen LogP contribution in [0.3, 0.4) is 0 Å². The number of nitrogens with zero attached hydrogens (tertiary/aromatic N) is 5. The number of benzene rings is 1. The molecule has 1 aromatic carbocycles. The van der Waals surface area contributed by atoms with Gasteiger partial charge in [-0.2, -0.15) is 0 Å². The summed E-state index contributed by atoms with van der Waals surface area (Å²) in [5.41, 5.74) is 1.60. The Kier molecular flexibility index (Phi) is 3.98. The van der Waals surface area contributed by atoms with Crippen molar-refractivity contribution in [3.8, 4) is 23.0 Å². The highest BCUT2D eigenvalue weighted by atomic mass is 15.4. The zero-order valence-corrected chi connectivity index (χ0v) is 14.3. The lowest BCUT2D eigenvalue weighted by atomic mass is 10.1. The van der Waals surface area contributed by atoms with Gasteiger partial charge in [0.05, 0.1) is 6.04 Å². The van der Waals surface area contributed by atoms with Crippen molar-refractivity contribution >= 4 is 10.8 Å². The van der Waals surface area contributed by atoms with Gasteiger partial charge in [-0.05, 0) is 36.9 Å². The molecule has 4 aromatic rings. The molecule has 0 aliphatic carbocycles. The van der Waals surface area contributed by atoms with Crippen LogP contribution in [0.4, 0.5) is 0 Å². The summed E-state index contributed by atoms with van der Waals surface area (Å²) in [5, 5.41) is 6.98. The summed E-state index contributed by atoms with van der Waals surface area (Å²) in [6.45, 7) is 4.28. The topological polar surface area (TPSA) is 56.5 Å². The third-order valence-electron chi connectivity index (χ3n) is 4.39. The van der Waals surface area contributed by atoms with Crippen LogP contribution in [0.5, 0.6) is 0 Å². The molecule has 25 heavy (non-hydrogen) atoms. The maximum Gasteiger partial charge on any atom is 0.200 e. The number of rotatable bonds is 4. The minimum absolute atomic E-state index is 0.235. The van der Waals surface area contributed by atoms with Crippen molar-refractivity contribution < 1.29 is 0 Å². The zero-order chi connectivity index (χ0) is 17.2. The van der Waals surface area contributed by atoms with Gasteiger partial charge in [0.15, 0.2) is 11.6 Å². The summed E-state index contributed by atoms with van der Waals surface area (Å²) < 4.78 is 1.95. The molecule has 124 valence electrons. The van der Waals surface area contributed by atoms with E-state index >= 15 is 0 Å². The standard InChI is InChI=1S/C20H19N5/c1-3-14(2)25-20(17-10-6-7-11-21-17)23-19(24-25)18-12-15-8-4-5-9-16(15)13-22-18/h4-14H,3H2,1-2H3. The van der Waals surface area contributed by atoms with Crippen LogP contribution in [-0.2, 0) is 0 Å². The fraction of sp³-hybridized carbons (Fsp3) is 0.200. The number of hydrogen-bond donors (Lipinski definition) is 0. The van der Waals surface area contributed by atoms with Crippen molar-refractivity contribution in [2.75, 3.05) is 0 Å². The Hall–Kier alpha value is -3.08. The molecule has 1 unspecified atom stereocenters. The molecular formula is C20H19N5. The van der Waals surface area contributed by atoms with Crippen molar-refractivity contribution in [2.24, 2.45) is 0 Å². The predicted molar refractivity (Wildman–Crippen MR) is 99.0 cm³/mol. The Morgan fingerprint density at radius 1 is 0.960 bits per heavy atom. The third-order valence-corrected chi connectivity index (χ3v) is 4.39. The molecule has 0 aliphatic heterocycles. The van der Waals surface area contributed by atoms with Crippen molar-refractivity contribution in [3.63, 3.8) is 0 Å². The monoisotopic (exact) mass is 329 g/mol. The number of fused-ring (bicyclic) bond motifs is 1. The van der Waals surface area contributed by atoms with Crippen molar-refractivity contribution in [1.82, 2.24) is 24.7 Å². The van der Waals surface area contributed by atoms with Gasteiger partial charge in [0, 0.05) is 17.8 Å². The second kappa shape index (κ2) is 6.43. The van der Waals surface area contributed by atoms with Crippen LogP contribution in [-0.4, -0.2) is 24.7 Å². The largest absolute Gasteiger partial charge is 0.253 e. The van der Waals surface area contributed by atoms with E-state index in [4.69, 9.17) is 10.1 Å². The van der Waals surface area contributed by atoms with Gasteiger partial charge in [-0.15, -0.1) is 5.10 Å². The smallest absolute Gasteiger partial charge is 0.200 e. The first-order chi connectivity index (χ1) is 12.3. The molecule has 1 atom stereocenters. The van der Waals surface area contributed by atoms with Gasteiger partial charge in [-0.3, -0.25) is 9.97 Å². The van der Waals surface area contributed by atoms with Gasteiger partial charge >= 0.3 is 0 Å². The van der Waals surface area contributed by atoms with E-state index in [-0.39, 0.29) is 6.04 Å². The van der Waals surface area contributed by atoms with Crippen LogP contribution in [0, 0.1) is 0 Å². The van der Waals surface area contributed by atoms with Crippen LogP contribution < -0.4 is 0 Å². The Morgan fingerprint density at radius 3 is 2.52 bits per heavy atom. The summed E-state index contributed by atoms with van der Waals surface area (Å²) in [5.74, 6) is 1.41. The van der Waals surface area contributed by atoms with Crippen LogP contribution >= 0.6 is 0 Å². The maximum absolute atomic E-state index is 4.75. The quantitative estimate of drug-likeness (QED) is 0.552. The molecule has 0 spiro atoms. The second-order valence-corrected chi connectivity index (χ2v) is 6.09. The van der Waals surface area contributed by atoms with E-state index in [0.717, 1.165) is 34.4 Å². The molecule has 0 saturated carbocycles. The number of pyridine rings is 2. The average molecular weight is 329 g/mol. The van der Waals surface area contributed by atoms with Crippen LogP contribution in [0.2, 0.25) is 0 Å². The number of aromatic nitrogens is 5. The lowest BCUT2D eigenvalue weighted by molar-refractivity contribution is 0.482. The Bertz CT molecular complexity index is 1010. The van der Waals surface area contributed by atoms with Crippen molar-refractivity contribution in [3.05, 3.63) is 60.9 Å². The molecule has 4 rings (SSSR count). The first-order valence-electron chi connectivity index (χ1n) is 8.49. The molecule has 0 bridgehead atoms. The van der Waals surface area contributed by atoms with E-state index in [0.29, 0.717) is 5.82 Å². The lowest BCUT2D eigenvalue weighted by Gasteiger charge is -2.11. The Balaban J connectivity index is 1.85. The number of hydrogen-bond acceptors (Lipinski definition) is 4. The lowest BCUT2D eigenvalue weighted by Crippen LogP contribution is -2.08. The fourth-order valence-electron chi connectivity index (χ4n) is 2.79. The first-order valence-corrected chi connectivity index (χ1v) is 8.49. The highest BCUT2D eigenvalue weighted by Crippen LogP contribution is 2.25. The molecule has 0 fully saturated rings. The Morgan fingerprint density at radius 2 is 1.76 bits per heavy atom. The highest BCUT2D eigenvalue weighted by Gasteiger charge is 2.18. The average Bonchev–Trinajstić information content (AvgIpc) is 3.13. The van der Waals surface area contributed by atoms with E-state index in [1.54, 1.807) is 6.20 Å². The predicted octanol–water partition coefficient (Wildman–Crippen LogP) is 4.53. The summed E-state index contributed by atoms with van der Waals surface area (Å²) in [6.07, 6.45) is 4.61. The fourth-order valence-corrected chi connectivity index (χ4v) is 2.79. The zero-order valence-electron chi connectivity index (χ0n) is 14.3. The molecular weight excluding hydrogens is 310 g/mol. The van der Waals surface area contributed by atoms with Gasteiger partial charge < -0.3 is 0 Å². The maximum atomic E-state index is 4.75. The molecule has 5 nitrogen and oxygen atoms in total. The van der Waals surface area contributed by atoms with Crippen LogP contribution in [0.15, 0.2) is 60.9 Å². The molecule has 3 aromatic heterocycles. The third kappa shape index (κ3) is 2.89. The van der Waals surface area contributed by atoms with Crippen LogP contribution in [0.1, 0.15) is 26.3 Å². The van der Waals surface area contributed by atoms with Gasteiger partial charge in [0.2, 0.25) is 0 Å². The van der Waals surface area contributed by atoms with Crippen molar-refractivity contribution in [1.29, 1.82) is 0 Å². The minimum atomic E-state index is 0.235. The summed E-state index contributed by atoms with van der Waals surface area (Å²) >= 11 is 0. The van der Waals surface area contributed by atoms with E-state index < -0.39 is 0 Å².